The van der Waals surface area contributed by atoms with E-state index in [4.69, 9.17) is 11.6 Å². The van der Waals surface area contributed by atoms with Gasteiger partial charge in [0, 0.05) is 31.2 Å². The summed E-state index contributed by atoms with van der Waals surface area (Å²) >= 11 is 12.8. The first-order valence-corrected chi connectivity index (χ1v) is 14.1. The molecule has 2 aliphatic carbocycles. The van der Waals surface area contributed by atoms with Crippen LogP contribution in [0.5, 0.6) is 0 Å². The average molecular weight is 562 g/mol. The van der Waals surface area contributed by atoms with Gasteiger partial charge in [-0.2, -0.15) is 0 Å². The summed E-state index contributed by atoms with van der Waals surface area (Å²) in [4.78, 5) is 27.1. The molecule has 1 N–H and O–H groups in total. The number of aromatic nitrogens is 1. The molecule has 8 heteroatoms. The number of nitrogens with zero attached hydrogens (tertiary/aromatic N) is 1. The van der Waals surface area contributed by atoms with Crippen molar-refractivity contribution >= 4 is 62.2 Å². The standard InChI is InChI=1S/C25H22BrClN2O2S2/c26-16-3-1-2-13(11-16)21-20-14-4-5-15(10-14)22(20)32-24-23(21)33-25(31)29(24)12-19(30)28-18-8-6-17(27)7-9-18/h1-3,6-9,11,14-15,20-22H,4-5,10,12H2,(H,28,30). The summed E-state index contributed by atoms with van der Waals surface area (Å²) in [6.45, 7) is 0.0248. The summed E-state index contributed by atoms with van der Waals surface area (Å²) in [5, 5.41) is 5.02. The van der Waals surface area contributed by atoms with E-state index in [0.717, 1.165) is 20.3 Å². The second kappa shape index (κ2) is 8.59. The van der Waals surface area contributed by atoms with Crippen LogP contribution in [0.25, 0.3) is 0 Å². The second-order valence-electron chi connectivity index (χ2n) is 9.20. The van der Waals surface area contributed by atoms with Crippen LogP contribution in [0.3, 0.4) is 0 Å². The van der Waals surface area contributed by atoms with Crippen molar-refractivity contribution in [1.29, 1.82) is 0 Å². The first-order chi connectivity index (χ1) is 16.0. The minimum atomic E-state index is -0.199. The van der Waals surface area contributed by atoms with E-state index >= 15 is 0 Å². The van der Waals surface area contributed by atoms with Crippen molar-refractivity contribution in [2.24, 2.45) is 17.8 Å². The van der Waals surface area contributed by atoms with Gasteiger partial charge in [-0.3, -0.25) is 14.2 Å². The first-order valence-electron chi connectivity index (χ1n) is 11.2. The Bertz CT molecular complexity index is 1290. The second-order valence-corrected chi connectivity index (χ2v) is 12.7. The molecule has 3 aliphatic rings. The van der Waals surface area contributed by atoms with Crippen molar-refractivity contribution in [3.63, 3.8) is 0 Å². The molecule has 0 radical (unpaired) electrons. The van der Waals surface area contributed by atoms with Gasteiger partial charge in [0.2, 0.25) is 5.91 Å². The predicted octanol–water partition coefficient (Wildman–Crippen LogP) is 6.62. The maximum absolute atomic E-state index is 13.1. The fourth-order valence-electron chi connectivity index (χ4n) is 6.04. The summed E-state index contributed by atoms with van der Waals surface area (Å²) in [6.07, 6.45) is 3.87. The molecule has 2 saturated carbocycles. The number of amides is 1. The Morgan fingerprint density at radius 2 is 1.94 bits per heavy atom. The van der Waals surface area contributed by atoms with Crippen molar-refractivity contribution < 1.29 is 4.79 Å². The van der Waals surface area contributed by atoms with Gasteiger partial charge in [-0.25, -0.2) is 0 Å². The molecule has 2 bridgehead atoms. The summed E-state index contributed by atoms with van der Waals surface area (Å²) in [5.74, 6) is 2.01. The average Bonchev–Trinajstić information content (AvgIpc) is 3.48. The van der Waals surface area contributed by atoms with Crippen molar-refractivity contribution in [3.05, 3.63) is 78.1 Å². The molecule has 2 fully saturated rings. The van der Waals surface area contributed by atoms with Crippen molar-refractivity contribution in [1.82, 2.24) is 4.57 Å². The molecule has 0 saturated heterocycles. The molecule has 1 aromatic heterocycles. The van der Waals surface area contributed by atoms with Crippen molar-refractivity contribution in [2.75, 3.05) is 5.32 Å². The Kier molecular flexibility index (Phi) is 5.72. The van der Waals surface area contributed by atoms with Gasteiger partial charge in [0.1, 0.15) is 6.54 Å². The number of thioether (sulfide) groups is 1. The van der Waals surface area contributed by atoms with Gasteiger partial charge in [0.05, 0.1) is 5.03 Å². The molecule has 1 amide bonds. The lowest BCUT2D eigenvalue weighted by Gasteiger charge is -2.40. The zero-order valence-corrected chi connectivity index (χ0v) is 21.6. The zero-order valence-electron chi connectivity index (χ0n) is 17.7. The van der Waals surface area contributed by atoms with E-state index in [-0.39, 0.29) is 23.2 Å². The highest BCUT2D eigenvalue weighted by Gasteiger charge is 2.55. The molecule has 2 aromatic carbocycles. The Morgan fingerprint density at radius 1 is 1.15 bits per heavy atom. The highest BCUT2D eigenvalue weighted by Crippen LogP contribution is 2.64. The number of rotatable bonds is 4. The van der Waals surface area contributed by atoms with Crippen LogP contribution >= 0.6 is 50.6 Å². The molecule has 33 heavy (non-hydrogen) atoms. The molecule has 6 rings (SSSR count). The lowest BCUT2D eigenvalue weighted by atomic mass is 9.75. The lowest BCUT2D eigenvalue weighted by molar-refractivity contribution is -0.116. The molecular formula is C25H22BrClN2O2S2. The number of anilines is 1. The number of carbonyl (C=O) groups excluding carboxylic acids is 1. The highest BCUT2D eigenvalue weighted by molar-refractivity contribution is 9.10. The topological polar surface area (TPSA) is 51.1 Å². The van der Waals surface area contributed by atoms with E-state index in [2.05, 4.69) is 45.5 Å². The molecule has 5 atom stereocenters. The summed E-state index contributed by atoms with van der Waals surface area (Å²) in [5.41, 5.74) is 1.95. The lowest BCUT2D eigenvalue weighted by Crippen LogP contribution is -2.34. The summed E-state index contributed by atoms with van der Waals surface area (Å²) < 4.78 is 2.76. The molecule has 1 aliphatic heterocycles. The van der Waals surface area contributed by atoms with Crippen LogP contribution in [0.15, 0.2) is 62.8 Å². The number of hydrogen-bond acceptors (Lipinski definition) is 4. The molecule has 5 unspecified atom stereocenters. The van der Waals surface area contributed by atoms with Crippen LogP contribution in [0.4, 0.5) is 5.69 Å². The normalized spacial score (nSPS) is 27.3. The third-order valence-corrected chi connectivity index (χ3v) is 10.9. The van der Waals surface area contributed by atoms with Gasteiger partial charge >= 0.3 is 4.87 Å². The molecule has 170 valence electrons. The zero-order chi connectivity index (χ0) is 22.7. The number of benzene rings is 2. The van der Waals surface area contributed by atoms with Gasteiger partial charge in [-0.1, -0.05) is 51.0 Å². The largest absolute Gasteiger partial charge is 0.325 e. The van der Waals surface area contributed by atoms with Crippen LogP contribution in [0.1, 0.15) is 35.6 Å². The van der Waals surface area contributed by atoms with Gasteiger partial charge in [0.25, 0.3) is 0 Å². The van der Waals surface area contributed by atoms with Gasteiger partial charge in [-0.15, -0.1) is 11.8 Å². The van der Waals surface area contributed by atoms with Crippen LogP contribution in [0.2, 0.25) is 5.02 Å². The number of nitrogens with one attached hydrogen (secondary N) is 1. The van der Waals surface area contributed by atoms with Gasteiger partial charge in [0.15, 0.2) is 0 Å². The fraction of sp³-hybridized carbons (Fsp3) is 0.360. The summed E-state index contributed by atoms with van der Waals surface area (Å²) in [7, 11) is 0. The number of hydrogen-bond donors (Lipinski definition) is 1. The quantitative estimate of drug-likeness (QED) is 0.390. The predicted molar refractivity (Wildman–Crippen MR) is 139 cm³/mol. The molecule has 3 aromatic rings. The molecule has 0 spiro atoms. The number of fused-ring (bicyclic) bond motifs is 6. The van der Waals surface area contributed by atoms with Crippen molar-refractivity contribution in [3.8, 4) is 0 Å². The van der Waals surface area contributed by atoms with Gasteiger partial charge in [-0.05, 0) is 79.0 Å². The van der Waals surface area contributed by atoms with E-state index in [1.54, 1.807) is 28.8 Å². The van der Waals surface area contributed by atoms with E-state index in [0.29, 0.717) is 27.8 Å². The SMILES string of the molecule is O=C(Cn1c2c(sc1=O)C(c1cccc(Br)c1)C1C3CCC(C3)C1S2)Nc1ccc(Cl)cc1. The Labute approximate surface area is 213 Å². The van der Waals surface area contributed by atoms with Gasteiger partial charge < -0.3 is 5.32 Å². The van der Waals surface area contributed by atoms with Crippen LogP contribution in [0, 0.1) is 17.8 Å². The van der Waals surface area contributed by atoms with E-state index in [1.807, 2.05) is 11.8 Å². The highest BCUT2D eigenvalue weighted by atomic mass is 79.9. The van der Waals surface area contributed by atoms with Crippen LogP contribution in [-0.4, -0.2) is 15.7 Å². The first kappa shape index (κ1) is 22.0. The number of halogens is 2. The number of carbonyl (C=O) groups is 1. The van der Waals surface area contributed by atoms with Crippen LogP contribution in [-0.2, 0) is 11.3 Å². The molecule has 2 heterocycles. The molecule has 4 nitrogen and oxygen atoms in total. The fourth-order valence-corrected chi connectivity index (χ4v) is 9.73. The third-order valence-electron chi connectivity index (χ3n) is 7.33. The Balaban J connectivity index is 1.37. The van der Waals surface area contributed by atoms with E-state index < -0.39 is 0 Å². The van der Waals surface area contributed by atoms with E-state index in [1.165, 1.54) is 36.2 Å². The Morgan fingerprint density at radius 3 is 2.73 bits per heavy atom. The maximum atomic E-state index is 13.1. The third kappa shape index (κ3) is 3.91. The minimum absolute atomic E-state index is 0.0248. The number of thiazole rings is 1. The summed E-state index contributed by atoms with van der Waals surface area (Å²) in [6, 6.07) is 15.5. The Hall–Kier alpha value is -1.54. The van der Waals surface area contributed by atoms with Crippen LogP contribution < -0.4 is 10.2 Å². The maximum Gasteiger partial charge on any atom is 0.308 e. The van der Waals surface area contributed by atoms with E-state index in [9.17, 15) is 9.59 Å². The molecular weight excluding hydrogens is 540 g/mol. The smallest absolute Gasteiger partial charge is 0.308 e. The monoisotopic (exact) mass is 560 g/mol. The minimum Gasteiger partial charge on any atom is -0.325 e. The van der Waals surface area contributed by atoms with Crippen molar-refractivity contribution in [2.45, 2.75) is 42.0 Å².